The predicted octanol–water partition coefficient (Wildman–Crippen LogP) is 1.43. The standard InChI is InChI=1S/C18H22NO5/c1-2-13-14(6-8-24-11-12(21)10-20)18(17(23)9-16(13)22)15-5-3-4-7-19-15/h4-5,7,9,12,20-23H,2,6,8,10-11H2,1H3. The second-order valence-electron chi connectivity index (χ2n) is 5.40. The van der Waals surface area contributed by atoms with Crippen LogP contribution in [0.3, 0.4) is 0 Å². The van der Waals surface area contributed by atoms with Crippen LogP contribution >= 0.6 is 0 Å². The summed E-state index contributed by atoms with van der Waals surface area (Å²) in [5.74, 6) is -0.0220. The van der Waals surface area contributed by atoms with E-state index < -0.39 is 6.10 Å². The van der Waals surface area contributed by atoms with Crippen molar-refractivity contribution < 1.29 is 25.2 Å². The molecule has 2 rings (SSSR count). The van der Waals surface area contributed by atoms with E-state index in [2.05, 4.69) is 11.1 Å². The zero-order valence-corrected chi connectivity index (χ0v) is 13.6. The molecule has 1 radical (unpaired) electrons. The van der Waals surface area contributed by atoms with Crippen molar-refractivity contribution in [1.29, 1.82) is 0 Å². The Hall–Kier alpha value is -2.15. The largest absolute Gasteiger partial charge is 0.508 e. The molecule has 0 aliphatic carbocycles. The van der Waals surface area contributed by atoms with Gasteiger partial charge in [-0.15, -0.1) is 0 Å². The summed E-state index contributed by atoms with van der Waals surface area (Å²) in [4.78, 5) is 4.26. The molecule has 6 heteroatoms. The van der Waals surface area contributed by atoms with Crippen LogP contribution in [0, 0.1) is 6.07 Å². The summed E-state index contributed by atoms with van der Waals surface area (Å²) in [6, 6.07) is 7.59. The third kappa shape index (κ3) is 4.23. The Labute approximate surface area is 141 Å². The van der Waals surface area contributed by atoms with E-state index in [-0.39, 0.29) is 31.3 Å². The van der Waals surface area contributed by atoms with Gasteiger partial charge in [-0.1, -0.05) is 6.92 Å². The number of nitrogens with zero attached hydrogens (tertiary/aromatic N) is 1. The van der Waals surface area contributed by atoms with Gasteiger partial charge in [-0.2, -0.15) is 0 Å². The summed E-state index contributed by atoms with van der Waals surface area (Å²) in [6.07, 6.45) is 1.68. The maximum absolute atomic E-state index is 10.3. The molecule has 0 amide bonds. The van der Waals surface area contributed by atoms with E-state index in [1.54, 1.807) is 18.3 Å². The molecule has 4 N–H and O–H groups in total. The molecule has 1 aromatic carbocycles. The Balaban J connectivity index is 2.32. The van der Waals surface area contributed by atoms with Gasteiger partial charge in [-0.05, 0) is 42.2 Å². The molecule has 2 aromatic rings. The molecular weight excluding hydrogens is 310 g/mol. The Bertz CT molecular complexity index is 660. The number of aromatic hydroxyl groups is 2. The lowest BCUT2D eigenvalue weighted by molar-refractivity contribution is 0.00720. The molecule has 24 heavy (non-hydrogen) atoms. The highest BCUT2D eigenvalue weighted by molar-refractivity contribution is 5.74. The van der Waals surface area contributed by atoms with E-state index in [9.17, 15) is 15.3 Å². The lowest BCUT2D eigenvalue weighted by Gasteiger charge is -2.17. The fourth-order valence-electron chi connectivity index (χ4n) is 2.61. The molecule has 0 aliphatic heterocycles. The zero-order valence-electron chi connectivity index (χ0n) is 13.6. The molecule has 6 nitrogen and oxygen atoms in total. The zero-order chi connectivity index (χ0) is 17.5. The summed E-state index contributed by atoms with van der Waals surface area (Å²) in [5.41, 5.74) is 2.59. The molecule has 0 aliphatic rings. The van der Waals surface area contributed by atoms with Gasteiger partial charge in [0, 0.05) is 17.8 Å². The van der Waals surface area contributed by atoms with E-state index in [0.717, 1.165) is 11.1 Å². The lowest BCUT2D eigenvalue weighted by atomic mass is 9.93. The third-order valence-electron chi connectivity index (χ3n) is 3.74. The summed E-state index contributed by atoms with van der Waals surface area (Å²) in [5, 5.41) is 38.5. The van der Waals surface area contributed by atoms with Crippen LogP contribution in [0.2, 0.25) is 0 Å². The van der Waals surface area contributed by atoms with Crippen molar-refractivity contribution in [3.05, 3.63) is 41.6 Å². The van der Waals surface area contributed by atoms with Crippen LogP contribution in [0.4, 0.5) is 0 Å². The smallest absolute Gasteiger partial charge is 0.128 e. The number of hydrogen-bond donors (Lipinski definition) is 4. The highest BCUT2D eigenvalue weighted by atomic mass is 16.5. The van der Waals surface area contributed by atoms with E-state index in [4.69, 9.17) is 9.84 Å². The van der Waals surface area contributed by atoms with Crippen LogP contribution < -0.4 is 0 Å². The maximum atomic E-state index is 10.3. The summed E-state index contributed by atoms with van der Waals surface area (Å²) in [7, 11) is 0. The molecule has 0 fully saturated rings. The number of aliphatic hydroxyl groups excluding tert-OH is 2. The molecule has 1 heterocycles. The van der Waals surface area contributed by atoms with Crippen LogP contribution in [0.1, 0.15) is 18.1 Å². The van der Waals surface area contributed by atoms with Gasteiger partial charge < -0.3 is 25.2 Å². The van der Waals surface area contributed by atoms with Crippen LogP contribution in [0.5, 0.6) is 11.5 Å². The average Bonchev–Trinajstić information content (AvgIpc) is 2.59. The van der Waals surface area contributed by atoms with Gasteiger partial charge in [-0.25, -0.2) is 0 Å². The molecule has 0 saturated carbocycles. The monoisotopic (exact) mass is 332 g/mol. The van der Waals surface area contributed by atoms with Gasteiger partial charge in [0.15, 0.2) is 0 Å². The first-order valence-electron chi connectivity index (χ1n) is 7.84. The molecule has 0 bridgehead atoms. The first-order chi connectivity index (χ1) is 11.6. The van der Waals surface area contributed by atoms with Crippen LogP contribution in [0.15, 0.2) is 24.4 Å². The van der Waals surface area contributed by atoms with Gasteiger partial charge in [0.1, 0.15) is 17.6 Å². The Kier molecular flexibility index (Phi) is 6.54. The molecule has 1 unspecified atom stereocenters. The van der Waals surface area contributed by atoms with Gasteiger partial charge in [-0.3, -0.25) is 4.98 Å². The van der Waals surface area contributed by atoms with Crippen molar-refractivity contribution in [3.8, 4) is 22.8 Å². The molecular formula is C18H22NO5. The quantitative estimate of drug-likeness (QED) is 0.546. The summed E-state index contributed by atoms with van der Waals surface area (Å²) < 4.78 is 5.36. The Morgan fingerprint density at radius 2 is 2.04 bits per heavy atom. The molecule has 1 atom stereocenters. The number of pyridine rings is 1. The van der Waals surface area contributed by atoms with E-state index in [1.165, 1.54) is 6.07 Å². The lowest BCUT2D eigenvalue weighted by Crippen LogP contribution is -2.20. The Morgan fingerprint density at radius 1 is 1.25 bits per heavy atom. The van der Waals surface area contributed by atoms with E-state index >= 15 is 0 Å². The number of ether oxygens (including phenoxy) is 1. The molecule has 0 spiro atoms. The van der Waals surface area contributed by atoms with Gasteiger partial charge in [0.25, 0.3) is 0 Å². The SMILES string of the molecule is CCc1c(O)cc(O)c(-c2c[c]ccn2)c1CCOCC(O)CO. The minimum Gasteiger partial charge on any atom is -0.508 e. The van der Waals surface area contributed by atoms with Crippen molar-refractivity contribution in [2.24, 2.45) is 0 Å². The Morgan fingerprint density at radius 3 is 2.67 bits per heavy atom. The van der Waals surface area contributed by atoms with Crippen LogP contribution in [-0.4, -0.2) is 51.3 Å². The van der Waals surface area contributed by atoms with Gasteiger partial charge in [0.05, 0.1) is 25.5 Å². The number of aliphatic hydroxyl groups is 2. The normalized spacial score (nSPS) is 12.3. The number of aromatic nitrogens is 1. The molecule has 129 valence electrons. The highest BCUT2D eigenvalue weighted by Gasteiger charge is 2.19. The van der Waals surface area contributed by atoms with Crippen LogP contribution in [0.25, 0.3) is 11.3 Å². The van der Waals surface area contributed by atoms with Crippen molar-refractivity contribution >= 4 is 0 Å². The van der Waals surface area contributed by atoms with Gasteiger partial charge in [0.2, 0.25) is 0 Å². The van der Waals surface area contributed by atoms with Crippen molar-refractivity contribution in [2.45, 2.75) is 25.9 Å². The minimum absolute atomic E-state index is 0.0233. The first-order valence-corrected chi connectivity index (χ1v) is 7.84. The molecule has 0 saturated heterocycles. The first kappa shape index (κ1) is 18.2. The van der Waals surface area contributed by atoms with Crippen molar-refractivity contribution in [2.75, 3.05) is 19.8 Å². The number of benzene rings is 1. The number of phenols is 2. The number of hydrogen-bond acceptors (Lipinski definition) is 6. The average molecular weight is 332 g/mol. The maximum Gasteiger partial charge on any atom is 0.128 e. The predicted molar refractivity (Wildman–Crippen MR) is 88.8 cm³/mol. The third-order valence-corrected chi connectivity index (χ3v) is 3.74. The minimum atomic E-state index is -0.918. The summed E-state index contributed by atoms with van der Waals surface area (Å²) >= 11 is 0. The van der Waals surface area contributed by atoms with Crippen LogP contribution in [-0.2, 0) is 17.6 Å². The van der Waals surface area contributed by atoms with Crippen molar-refractivity contribution in [1.82, 2.24) is 4.98 Å². The van der Waals surface area contributed by atoms with Gasteiger partial charge >= 0.3 is 0 Å². The number of phenolic OH excluding ortho intramolecular Hbond substituents is 2. The van der Waals surface area contributed by atoms with E-state index in [1.807, 2.05) is 6.92 Å². The molecule has 1 aromatic heterocycles. The number of rotatable bonds is 8. The van der Waals surface area contributed by atoms with E-state index in [0.29, 0.717) is 24.1 Å². The topological polar surface area (TPSA) is 103 Å². The second kappa shape index (κ2) is 8.63. The highest BCUT2D eigenvalue weighted by Crippen LogP contribution is 2.39. The summed E-state index contributed by atoms with van der Waals surface area (Å²) in [6.45, 7) is 1.86. The van der Waals surface area contributed by atoms with Crippen molar-refractivity contribution in [3.63, 3.8) is 0 Å². The fraction of sp³-hybridized carbons (Fsp3) is 0.389. The fourth-order valence-corrected chi connectivity index (χ4v) is 2.61. The second-order valence-corrected chi connectivity index (χ2v) is 5.40.